The first-order valence-electron chi connectivity index (χ1n) is 10.8. The Morgan fingerprint density at radius 3 is 2.09 bits per heavy atom. The maximum absolute atomic E-state index is 13.6. The number of hydrogen-bond acceptors (Lipinski definition) is 4. The molecule has 1 saturated heterocycles. The van der Waals surface area contributed by atoms with Crippen LogP contribution in [0.4, 0.5) is 4.39 Å². The summed E-state index contributed by atoms with van der Waals surface area (Å²) in [4.78, 5) is 53.9. The number of benzene rings is 2. The topological polar surface area (TPSA) is 74.8 Å². The third-order valence-electron chi connectivity index (χ3n) is 7.06. The Labute approximate surface area is 226 Å². The van der Waals surface area contributed by atoms with Crippen molar-refractivity contribution in [1.29, 1.82) is 0 Å². The van der Waals surface area contributed by atoms with Gasteiger partial charge in [0.2, 0.25) is 0 Å². The van der Waals surface area contributed by atoms with Crippen LogP contribution in [-0.4, -0.2) is 49.7 Å². The van der Waals surface area contributed by atoms with E-state index in [0.29, 0.717) is 5.02 Å². The summed E-state index contributed by atoms with van der Waals surface area (Å²) in [5.74, 6) is -4.21. The summed E-state index contributed by atoms with van der Waals surface area (Å²) >= 11 is 19.5. The zero-order valence-electron chi connectivity index (χ0n) is 17.8. The minimum atomic E-state index is -0.790. The first-order chi connectivity index (χ1) is 16.6. The minimum Gasteiger partial charge on any atom is -0.292 e. The third-order valence-corrected chi connectivity index (χ3v) is 10.8. The van der Waals surface area contributed by atoms with E-state index in [1.54, 1.807) is 0 Å². The van der Waals surface area contributed by atoms with Crippen molar-refractivity contribution in [2.24, 2.45) is 23.7 Å². The zero-order valence-corrected chi connectivity index (χ0v) is 22.5. The molecular formula is C24H17Br2Cl2FN2O4. The van der Waals surface area contributed by atoms with Crippen LogP contribution >= 0.6 is 55.1 Å². The van der Waals surface area contributed by atoms with Crippen LogP contribution in [0.3, 0.4) is 0 Å². The van der Waals surface area contributed by atoms with Gasteiger partial charge in [0.15, 0.2) is 5.78 Å². The zero-order chi connectivity index (χ0) is 25.2. The van der Waals surface area contributed by atoms with Gasteiger partial charge < -0.3 is 0 Å². The number of ketones is 1. The molecule has 3 aliphatic rings. The number of alkyl halides is 2. The molecule has 2 aromatic carbocycles. The molecule has 1 aliphatic heterocycles. The van der Waals surface area contributed by atoms with Gasteiger partial charge in [0.25, 0.3) is 17.7 Å². The van der Waals surface area contributed by atoms with Crippen molar-refractivity contribution in [3.05, 3.63) is 69.5 Å². The van der Waals surface area contributed by atoms with Crippen LogP contribution < -0.4 is 0 Å². The number of carbonyl (C=O) groups excluding carboxylic acids is 4. The maximum atomic E-state index is 13.6. The lowest BCUT2D eigenvalue weighted by molar-refractivity contribution is -0.154. The van der Waals surface area contributed by atoms with Crippen molar-refractivity contribution in [2.45, 2.75) is 16.1 Å². The summed E-state index contributed by atoms with van der Waals surface area (Å²) in [5, 5.41) is 1.98. The lowest BCUT2D eigenvalue weighted by Gasteiger charge is -2.31. The Bertz CT molecular complexity index is 1230. The van der Waals surface area contributed by atoms with E-state index in [0.717, 1.165) is 28.6 Å². The van der Waals surface area contributed by atoms with E-state index in [9.17, 15) is 23.6 Å². The van der Waals surface area contributed by atoms with E-state index in [4.69, 9.17) is 23.2 Å². The predicted molar refractivity (Wildman–Crippen MR) is 134 cm³/mol. The quantitative estimate of drug-likeness (QED) is 0.256. The SMILES string of the molecule is O=C(CN(C(=O)c1ccc(Cl)cc1Cl)N1C(=O)[C@@H]2[C@H]3C[C@@H]([C@@H](Br)[C@H]3Br)[C@H]2C1=O)c1ccc(F)cc1. The van der Waals surface area contributed by atoms with Gasteiger partial charge in [-0.15, -0.1) is 0 Å². The first kappa shape index (κ1) is 24.9. The highest BCUT2D eigenvalue weighted by molar-refractivity contribution is 9.12. The molecule has 6 nitrogen and oxygen atoms in total. The molecule has 6 atom stereocenters. The number of nitrogens with zero attached hydrogens (tertiary/aromatic N) is 2. The molecule has 0 unspecified atom stereocenters. The molecule has 0 N–H and O–H groups in total. The fraction of sp³-hybridized carbons (Fsp3) is 0.333. The lowest BCUT2D eigenvalue weighted by Crippen LogP contribution is -2.52. The van der Waals surface area contributed by atoms with E-state index in [2.05, 4.69) is 31.9 Å². The molecule has 11 heteroatoms. The highest BCUT2D eigenvalue weighted by Gasteiger charge is 2.67. The summed E-state index contributed by atoms with van der Waals surface area (Å²) in [6.07, 6.45) is 0.720. The molecule has 0 aromatic heterocycles. The summed E-state index contributed by atoms with van der Waals surface area (Å²) in [5.41, 5.74) is 0.118. The van der Waals surface area contributed by atoms with Gasteiger partial charge in [0.05, 0.1) is 22.4 Å². The van der Waals surface area contributed by atoms with E-state index in [1.165, 1.54) is 30.3 Å². The van der Waals surface area contributed by atoms with Gasteiger partial charge in [-0.1, -0.05) is 55.1 Å². The standard InChI is InChI=1S/C24H17Br2Cl2FN2O4/c25-20-14-8-15(21(20)26)19-18(14)23(34)31(24(19)35)30(9-17(32)10-1-4-12(29)5-2-10)22(33)13-6-3-11(27)7-16(13)28/h1-7,14-15,18-21H,8-9H2/t14-,15-,18-,19-,20-,21+/m1/s1. The number of carbonyl (C=O) groups is 4. The normalized spacial score (nSPS) is 29.0. The molecular weight excluding hydrogens is 630 g/mol. The van der Waals surface area contributed by atoms with Crippen molar-refractivity contribution in [2.75, 3.05) is 6.54 Å². The highest BCUT2D eigenvalue weighted by atomic mass is 79.9. The average Bonchev–Trinajstić information content (AvgIpc) is 3.42. The van der Waals surface area contributed by atoms with Crippen LogP contribution in [0.1, 0.15) is 27.1 Å². The van der Waals surface area contributed by atoms with Gasteiger partial charge in [-0.05, 0) is 60.7 Å². The molecule has 35 heavy (non-hydrogen) atoms. The summed E-state index contributed by atoms with van der Waals surface area (Å²) in [6, 6.07) is 9.00. The third kappa shape index (κ3) is 4.04. The van der Waals surface area contributed by atoms with Crippen LogP contribution in [0.5, 0.6) is 0 Å². The minimum absolute atomic E-state index is 0.0136. The number of Topliss-reactive ketones (excluding diaryl/α,β-unsaturated/α-hetero) is 1. The lowest BCUT2D eigenvalue weighted by atomic mass is 9.81. The molecule has 0 spiro atoms. The molecule has 5 rings (SSSR count). The second-order valence-electron chi connectivity index (χ2n) is 8.91. The maximum Gasteiger partial charge on any atom is 0.274 e. The van der Waals surface area contributed by atoms with Crippen LogP contribution in [-0.2, 0) is 9.59 Å². The predicted octanol–water partition coefficient (Wildman–Crippen LogP) is 5.15. The number of hydrazine groups is 1. The summed E-state index contributed by atoms with van der Waals surface area (Å²) < 4.78 is 13.4. The molecule has 3 fully saturated rings. The van der Waals surface area contributed by atoms with Crippen molar-refractivity contribution in [3.8, 4) is 0 Å². The molecule has 2 aliphatic carbocycles. The summed E-state index contributed by atoms with van der Waals surface area (Å²) in [7, 11) is 0. The number of rotatable bonds is 5. The molecule has 2 bridgehead atoms. The van der Waals surface area contributed by atoms with Crippen LogP contribution in [0.2, 0.25) is 10.0 Å². The number of imide groups is 1. The van der Waals surface area contributed by atoms with Gasteiger partial charge in [-0.2, -0.15) is 5.01 Å². The Kier molecular flexibility index (Phi) is 6.57. The van der Waals surface area contributed by atoms with Gasteiger partial charge >= 0.3 is 0 Å². The Morgan fingerprint density at radius 2 is 1.54 bits per heavy atom. The Morgan fingerprint density at radius 1 is 0.971 bits per heavy atom. The average molecular weight is 647 g/mol. The molecule has 182 valence electrons. The van der Waals surface area contributed by atoms with E-state index in [1.807, 2.05) is 0 Å². The molecule has 1 heterocycles. The second kappa shape index (κ2) is 9.25. The fourth-order valence-electron chi connectivity index (χ4n) is 5.47. The largest absolute Gasteiger partial charge is 0.292 e. The smallest absolute Gasteiger partial charge is 0.274 e. The van der Waals surface area contributed by atoms with Crippen molar-refractivity contribution < 1.29 is 23.6 Å². The number of halogens is 5. The highest BCUT2D eigenvalue weighted by Crippen LogP contribution is 2.60. The van der Waals surface area contributed by atoms with Gasteiger partial charge in [-0.25, -0.2) is 9.40 Å². The van der Waals surface area contributed by atoms with Crippen LogP contribution in [0.15, 0.2) is 42.5 Å². The first-order valence-corrected chi connectivity index (χ1v) is 13.4. The fourth-order valence-corrected chi connectivity index (χ4v) is 7.83. The Hall–Kier alpha value is -1.81. The van der Waals surface area contributed by atoms with Crippen LogP contribution in [0, 0.1) is 29.5 Å². The van der Waals surface area contributed by atoms with Crippen molar-refractivity contribution >= 4 is 78.6 Å². The van der Waals surface area contributed by atoms with Crippen molar-refractivity contribution in [3.63, 3.8) is 0 Å². The van der Waals surface area contributed by atoms with Crippen LogP contribution in [0.25, 0.3) is 0 Å². The van der Waals surface area contributed by atoms with E-state index < -0.39 is 47.7 Å². The summed E-state index contributed by atoms with van der Waals surface area (Å²) in [6.45, 7) is -0.606. The molecule has 0 radical (unpaired) electrons. The second-order valence-corrected chi connectivity index (χ2v) is 11.9. The number of fused-ring (bicyclic) bond motifs is 5. The molecule has 3 amide bonds. The monoisotopic (exact) mass is 644 g/mol. The molecule has 2 saturated carbocycles. The van der Waals surface area contributed by atoms with Gasteiger partial charge in [-0.3, -0.25) is 19.2 Å². The number of amides is 3. The van der Waals surface area contributed by atoms with Crippen molar-refractivity contribution in [1.82, 2.24) is 10.0 Å². The van der Waals surface area contributed by atoms with Gasteiger partial charge in [0, 0.05) is 20.2 Å². The number of hydrogen-bond donors (Lipinski definition) is 0. The Balaban J connectivity index is 1.53. The van der Waals surface area contributed by atoms with Gasteiger partial charge in [0.1, 0.15) is 12.4 Å². The van der Waals surface area contributed by atoms with E-state index >= 15 is 0 Å². The molecule has 2 aromatic rings. The van der Waals surface area contributed by atoms with E-state index in [-0.39, 0.29) is 37.6 Å².